The minimum absolute atomic E-state index is 0.158. The molecule has 0 radical (unpaired) electrons. The molecule has 1 aromatic rings. The van der Waals surface area contributed by atoms with Crippen LogP contribution in [0.4, 0.5) is 0 Å². The van der Waals surface area contributed by atoms with Crippen LogP contribution in [-0.4, -0.2) is 45.0 Å². The molecule has 0 heterocycles. The predicted octanol–water partition coefficient (Wildman–Crippen LogP) is 3.12. The molecular weight excluding hydrogens is 358 g/mol. The Morgan fingerprint density at radius 2 is 1.74 bits per heavy atom. The fraction of sp³-hybridized carbons (Fsp3) is 0.667. The van der Waals surface area contributed by atoms with Crippen LogP contribution in [0.2, 0.25) is 13.1 Å². The molecule has 0 saturated carbocycles. The van der Waals surface area contributed by atoms with Crippen molar-refractivity contribution in [1.29, 1.82) is 0 Å². The Morgan fingerprint density at radius 1 is 1.19 bits per heavy atom. The van der Waals surface area contributed by atoms with Crippen LogP contribution >= 0.6 is 0 Å². The SMILES string of the molecule is COC(=O)[C@@](NCc1ccccc1)(C(O[SiH](C)C)C(C)(C)C)[C@@H](O)C(C)C. The first-order valence-corrected chi connectivity index (χ1v) is 12.5. The van der Waals surface area contributed by atoms with Crippen molar-refractivity contribution in [3.05, 3.63) is 35.9 Å². The minimum Gasteiger partial charge on any atom is -0.467 e. The number of nitrogens with one attached hydrogen (secondary N) is 1. The number of esters is 1. The molecule has 0 bridgehead atoms. The Hall–Kier alpha value is -1.21. The van der Waals surface area contributed by atoms with Crippen LogP contribution in [0.25, 0.3) is 0 Å². The zero-order chi connectivity index (χ0) is 20.8. The van der Waals surface area contributed by atoms with E-state index in [-0.39, 0.29) is 11.3 Å². The van der Waals surface area contributed by atoms with Gasteiger partial charge in [0.2, 0.25) is 0 Å². The van der Waals surface area contributed by atoms with Crippen LogP contribution in [-0.2, 0) is 20.5 Å². The number of hydrogen-bond donors (Lipinski definition) is 2. The van der Waals surface area contributed by atoms with Gasteiger partial charge < -0.3 is 14.3 Å². The Bertz CT molecular complexity index is 586. The van der Waals surface area contributed by atoms with E-state index in [1.807, 2.05) is 65.0 Å². The van der Waals surface area contributed by atoms with E-state index < -0.39 is 32.8 Å². The van der Waals surface area contributed by atoms with Gasteiger partial charge in [-0.15, -0.1) is 0 Å². The second-order valence-electron chi connectivity index (χ2n) is 8.82. The lowest BCUT2D eigenvalue weighted by atomic mass is 9.70. The molecule has 154 valence electrons. The van der Waals surface area contributed by atoms with Crippen molar-refractivity contribution in [3.8, 4) is 0 Å². The molecule has 1 aromatic carbocycles. The van der Waals surface area contributed by atoms with E-state index in [9.17, 15) is 9.90 Å². The molecule has 1 rings (SSSR count). The summed E-state index contributed by atoms with van der Waals surface area (Å²) < 4.78 is 11.6. The number of hydrogen-bond acceptors (Lipinski definition) is 5. The highest BCUT2D eigenvalue weighted by molar-refractivity contribution is 6.48. The molecule has 0 aliphatic heterocycles. The first kappa shape index (κ1) is 23.8. The van der Waals surface area contributed by atoms with Gasteiger partial charge >= 0.3 is 5.97 Å². The first-order valence-electron chi connectivity index (χ1n) is 9.67. The van der Waals surface area contributed by atoms with Crippen LogP contribution in [0.15, 0.2) is 30.3 Å². The Labute approximate surface area is 166 Å². The third-order valence-electron chi connectivity index (χ3n) is 4.66. The van der Waals surface area contributed by atoms with Crippen molar-refractivity contribution in [2.75, 3.05) is 7.11 Å². The van der Waals surface area contributed by atoms with Gasteiger partial charge in [0.25, 0.3) is 0 Å². The monoisotopic (exact) mass is 395 g/mol. The van der Waals surface area contributed by atoms with Gasteiger partial charge in [-0.05, 0) is 30.0 Å². The molecular formula is C21H37NO4Si. The van der Waals surface area contributed by atoms with Crippen molar-refractivity contribution in [3.63, 3.8) is 0 Å². The lowest BCUT2D eigenvalue weighted by molar-refractivity contribution is -0.170. The number of benzene rings is 1. The lowest BCUT2D eigenvalue weighted by Crippen LogP contribution is -2.72. The van der Waals surface area contributed by atoms with Crippen molar-refractivity contribution in [2.24, 2.45) is 11.3 Å². The van der Waals surface area contributed by atoms with Crippen molar-refractivity contribution in [1.82, 2.24) is 5.32 Å². The predicted molar refractivity (Wildman–Crippen MR) is 112 cm³/mol. The van der Waals surface area contributed by atoms with E-state index in [0.29, 0.717) is 6.54 Å². The summed E-state index contributed by atoms with van der Waals surface area (Å²) in [5.74, 6) is -0.649. The highest BCUT2D eigenvalue weighted by Crippen LogP contribution is 2.37. The van der Waals surface area contributed by atoms with E-state index in [1.165, 1.54) is 7.11 Å². The van der Waals surface area contributed by atoms with E-state index in [0.717, 1.165) is 5.56 Å². The Morgan fingerprint density at radius 3 is 2.15 bits per heavy atom. The number of carbonyl (C=O) groups is 1. The molecule has 0 aliphatic rings. The quantitative estimate of drug-likeness (QED) is 0.497. The summed E-state index contributed by atoms with van der Waals surface area (Å²) in [7, 11) is -0.149. The van der Waals surface area contributed by atoms with Crippen LogP contribution in [0.3, 0.4) is 0 Å². The first-order chi connectivity index (χ1) is 12.5. The summed E-state index contributed by atoms with van der Waals surface area (Å²) in [5, 5.41) is 14.6. The summed E-state index contributed by atoms with van der Waals surface area (Å²) in [5.41, 5.74) is -0.726. The molecule has 6 heteroatoms. The van der Waals surface area contributed by atoms with E-state index >= 15 is 0 Å². The van der Waals surface area contributed by atoms with Crippen molar-refractivity contribution >= 4 is 15.0 Å². The lowest BCUT2D eigenvalue weighted by Gasteiger charge is -2.49. The summed E-state index contributed by atoms with van der Waals surface area (Å²) >= 11 is 0. The van der Waals surface area contributed by atoms with Gasteiger partial charge in [0.05, 0.1) is 19.3 Å². The van der Waals surface area contributed by atoms with Crippen LogP contribution in [0, 0.1) is 11.3 Å². The topological polar surface area (TPSA) is 67.8 Å². The molecule has 5 nitrogen and oxygen atoms in total. The highest BCUT2D eigenvalue weighted by atomic mass is 28.3. The molecule has 0 amide bonds. The average molecular weight is 396 g/mol. The fourth-order valence-corrected chi connectivity index (χ4v) is 4.63. The maximum atomic E-state index is 13.2. The molecule has 0 fully saturated rings. The smallest absolute Gasteiger partial charge is 0.331 e. The fourth-order valence-electron chi connectivity index (χ4n) is 3.46. The molecule has 27 heavy (non-hydrogen) atoms. The zero-order valence-corrected chi connectivity index (χ0v) is 19.2. The van der Waals surface area contributed by atoms with Crippen molar-refractivity contribution < 1.29 is 19.1 Å². The molecule has 0 saturated heterocycles. The van der Waals surface area contributed by atoms with E-state index in [2.05, 4.69) is 18.4 Å². The summed E-state index contributed by atoms with van der Waals surface area (Å²) in [6.07, 6.45) is -1.50. The molecule has 1 unspecified atom stereocenters. The van der Waals surface area contributed by atoms with Gasteiger partial charge in [0.1, 0.15) is 0 Å². The molecule has 2 N–H and O–H groups in total. The van der Waals surface area contributed by atoms with Crippen LogP contribution < -0.4 is 5.32 Å². The largest absolute Gasteiger partial charge is 0.467 e. The number of rotatable bonds is 9. The maximum Gasteiger partial charge on any atom is 0.331 e. The zero-order valence-electron chi connectivity index (χ0n) is 18.1. The van der Waals surface area contributed by atoms with E-state index in [4.69, 9.17) is 9.16 Å². The normalized spacial score (nSPS) is 16.9. The second kappa shape index (κ2) is 9.82. The van der Waals surface area contributed by atoms with E-state index in [1.54, 1.807) is 0 Å². The third-order valence-corrected chi connectivity index (χ3v) is 5.47. The Balaban J connectivity index is 3.50. The van der Waals surface area contributed by atoms with Crippen molar-refractivity contribution in [2.45, 2.75) is 72.0 Å². The highest BCUT2D eigenvalue weighted by Gasteiger charge is 2.57. The Kier molecular flexibility index (Phi) is 8.67. The van der Waals surface area contributed by atoms with Gasteiger partial charge in [0.15, 0.2) is 14.6 Å². The number of aliphatic hydroxyl groups excluding tert-OH is 1. The molecule has 0 aromatic heterocycles. The summed E-state index contributed by atoms with van der Waals surface area (Å²) in [6.45, 7) is 14.5. The van der Waals surface area contributed by atoms with Gasteiger partial charge in [-0.25, -0.2) is 4.79 Å². The third kappa shape index (κ3) is 5.88. The number of methoxy groups -OCH3 is 1. The molecule has 0 aliphatic carbocycles. The average Bonchev–Trinajstić information content (AvgIpc) is 2.60. The number of ether oxygens (including phenoxy) is 1. The molecule has 3 atom stereocenters. The van der Waals surface area contributed by atoms with Crippen LogP contribution in [0.1, 0.15) is 40.2 Å². The number of carbonyl (C=O) groups excluding carboxylic acids is 1. The maximum absolute atomic E-state index is 13.2. The number of aliphatic hydroxyl groups is 1. The summed E-state index contributed by atoms with van der Waals surface area (Å²) in [4.78, 5) is 13.2. The minimum atomic E-state index is -1.51. The second-order valence-corrected chi connectivity index (χ2v) is 11.2. The molecule has 0 spiro atoms. The van der Waals surface area contributed by atoms with Gasteiger partial charge in [-0.1, -0.05) is 65.0 Å². The van der Waals surface area contributed by atoms with Gasteiger partial charge in [-0.2, -0.15) is 0 Å². The van der Waals surface area contributed by atoms with Crippen LogP contribution in [0.5, 0.6) is 0 Å². The van der Waals surface area contributed by atoms with Gasteiger partial charge in [0, 0.05) is 6.54 Å². The summed E-state index contributed by atoms with van der Waals surface area (Å²) in [6, 6.07) is 9.83. The van der Waals surface area contributed by atoms with Gasteiger partial charge in [-0.3, -0.25) is 5.32 Å². The standard InChI is InChI=1S/C21H37NO4Si/c1-15(2)17(23)21(19(24)25-6,18(20(3,4)5)26-27(7)8)22-14-16-12-10-9-11-13-16/h9-13,15,17-18,22-23,27H,14H2,1-8H3/t17-,18?,21-/m0/s1.